The van der Waals surface area contributed by atoms with E-state index in [-0.39, 0.29) is 11.5 Å². The van der Waals surface area contributed by atoms with Gasteiger partial charge in [0, 0.05) is 25.9 Å². The van der Waals surface area contributed by atoms with Crippen LogP contribution in [-0.2, 0) is 9.53 Å². The molecular formula is C16H27NO3. The highest BCUT2D eigenvalue weighted by Crippen LogP contribution is 2.47. The van der Waals surface area contributed by atoms with Crippen molar-refractivity contribution in [2.75, 3.05) is 13.1 Å². The Balaban J connectivity index is 1.95. The van der Waals surface area contributed by atoms with E-state index >= 15 is 0 Å². The molecular weight excluding hydrogens is 254 g/mol. The summed E-state index contributed by atoms with van der Waals surface area (Å²) >= 11 is 0. The van der Waals surface area contributed by atoms with Crippen LogP contribution in [0.1, 0.15) is 59.8 Å². The first-order valence-electron chi connectivity index (χ1n) is 7.71. The first kappa shape index (κ1) is 15.3. The third-order valence-corrected chi connectivity index (χ3v) is 4.87. The van der Waals surface area contributed by atoms with Crippen molar-refractivity contribution in [3.63, 3.8) is 0 Å². The molecule has 2 fully saturated rings. The summed E-state index contributed by atoms with van der Waals surface area (Å²) in [6.07, 6.45) is 4.23. The number of ether oxygens (including phenoxy) is 1. The van der Waals surface area contributed by atoms with Crippen LogP contribution in [-0.4, -0.2) is 35.5 Å². The summed E-state index contributed by atoms with van der Waals surface area (Å²) in [5.41, 5.74) is -0.168. The first-order chi connectivity index (χ1) is 9.22. The van der Waals surface area contributed by atoms with Gasteiger partial charge in [-0.25, -0.2) is 4.79 Å². The normalized spacial score (nSPS) is 26.7. The lowest BCUT2D eigenvalue weighted by molar-refractivity contribution is -0.124. The van der Waals surface area contributed by atoms with E-state index in [9.17, 15) is 9.59 Å². The second kappa shape index (κ2) is 5.38. The maximum atomic E-state index is 12.1. The van der Waals surface area contributed by atoms with Gasteiger partial charge in [-0.1, -0.05) is 6.92 Å². The standard InChI is InChI=1S/C16H27NO3/c1-12-11-17(14(19)20-15(2,3)4)10-9-16(12)7-5-13(18)6-8-16/h12H,5-11H2,1-4H3. The van der Waals surface area contributed by atoms with Crippen molar-refractivity contribution in [2.45, 2.75) is 65.4 Å². The molecule has 1 saturated heterocycles. The molecule has 0 bridgehead atoms. The molecule has 1 unspecified atom stereocenters. The van der Waals surface area contributed by atoms with Crippen LogP contribution in [0.15, 0.2) is 0 Å². The molecule has 1 spiro atoms. The van der Waals surface area contributed by atoms with Gasteiger partial charge in [-0.15, -0.1) is 0 Å². The van der Waals surface area contributed by atoms with Crippen LogP contribution in [0.5, 0.6) is 0 Å². The fourth-order valence-electron chi connectivity index (χ4n) is 3.48. The molecule has 0 aromatic carbocycles. The van der Waals surface area contributed by atoms with Crippen LogP contribution in [0.4, 0.5) is 4.79 Å². The van der Waals surface area contributed by atoms with Gasteiger partial charge >= 0.3 is 6.09 Å². The maximum Gasteiger partial charge on any atom is 0.410 e. The van der Waals surface area contributed by atoms with E-state index < -0.39 is 5.60 Å². The van der Waals surface area contributed by atoms with Gasteiger partial charge in [0.25, 0.3) is 0 Å². The quantitative estimate of drug-likeness (QED) is 0.683. The van der Waals surface area contributed by atoms with Crippen LogP contribution < -0.4 is 0 Å². The van der Waals surface area contributed by atoms with E-state index in [2.05, 4.69) is 6.92 Å². The summed E-state index contributed by atoms with van der Waals surface area (Å²) in [7, 11) is 0. The molecule has 4 heteroatoms. The lowest BCUT2D eigenvalue weighted by atomic mass is 9.62. The lowest BCUT2D eigenvalue weighted by Crippen LogP contribution is -2.50. The summed E-state index contributed by atoms with van der Waals surface area (Å²) in [6, 6.07) is 0. The number of carbonyl (C=O) groups is 2. The summed E-state index contributed by atoms with van der Waals surface area (Å²) in [5, 5.41) is 0. The van der Waals surface area contributed by atoms with E-state index in [1.165, 1.54) is 0 Å². The van der Waals surface area contributed by atoms with Gasteiger partial charge in [0.2, 0.25) is 0 Å². The lowest BCUT2D eigenvalue weighted by Gasteiger charge is -2.48. The third kappa shape index (κ3) is 3.33. The predicted molar refractivity (Wildman–Crippen MR) is 77.5 cm³/mol. The van der Waals surface area contributed by atoms with Gasteiger partial charge in [-0.2, -0.15) is 0 Å². The van der Waals surface area contributed by atoms with Crippen molar-refractivity contribution in [3.8, 4) is 0 Å². The Labute approximate surface area is 121 Å². The number of piperidine rings is 1. The Morgan fingerprint density at radius 3 is 2.35 bits per heavy atom. The minimum absolute atomic E-state index is 0.203. The number of rotatable bonds is 0. The number of hydrogen-bond acceptors (Lipinski definition) is 3. The molecule has 1 amide bonds. The number of carbonyl (C=O) groups excluding carboxylic acids is 2. The molecule has 4 nitrogen and oxygen atoms in total. The molecule has 0 N–H and O–H groups in total. The number of nitrogens with zero attached hydrogens (tertiary/aromatic N) is 1. The average molecular weight is 281 g/mol. The number of Topliss-reactive ketones (excluding diaryl/α,β-unsaturated/α-hetero) is 1. The van der Waals surface area contributed by atoms with E-state index in [4.69, 9.17) is 4.74 Å². The molecule has 1 aliphatic carbocycles. The third-order valence-electron chi connectivity index (χ3n) is 4.87. The maximum absolute atomic E-state index is 12.1. The second-order valence-corrected chi connectivity index (χ2v) is 7.48. The summed E-state index contributed by atoms with van der Waals surface area (Å²) in [6.45, 7) is 9.41. The van der Waals surface area contributed by atoms with Crippen molar-refractivity contribution < 1.29 is 14.3 Å². The molecule has 1 aliphatic heterocycles. The van der Waals surface area contributed by atoms with E-state index in [0.29, 0.717) is 11.7 Å². The zero-order valence-corrected chi connectivity index (χ0v) is 13.2. The van der Waals surface area contributed by atoms with Gasteiger partial charge < -0.3 is 9.64 Å². The largest absolute Gasteiger partial charge is 0.444 e. The minimum Gasteiger partial charge on any atom is -0.444 e. The Hall–Kier alpha value is -1.06. The number of ketones is 1. The van der Waals surface area contributed by atoms with Gasteiger partial charge in [0.05, 0.1) is 0 Å². The summed E-state index contributed by atoms with van der Waals surface area (Å²) in [5.74, 6) is 0.842. The van der Waals surface area contributed by atoms with Crippen LogP contribution in [0.3, 0.4) is 0 Å². The molecule has 20 heavy (non-hydrogen) atoms. The zero-order valence-electron chi connectivity index (χ0n) is 13.2. The van der Waals surface area contributed by atoms with Gasteiger partial charge in [0.1, 0.15) is 11.4 Å². The molecule has 1 saturated carbocycles. The fraction of sp³-hybridized carbons (Fsp3) is 0.875. The fourth-order valence-corrected chi connectivity index (χ4v) is 3.48. The molecule has 0 radical (unpaired) electrons. The van der Waals surface area contributed by atoms with Crippen LogP contribution in [0, 0.1) is 11.3 Å². The minimum atomic E-state index is -0.438. The Morgan fingerprint density at radius 1 is 1.25 bits per heavy atom. The number of likely N-dealkylation sites (tertiary alicyclic amines) is 1. The van der Waals surface area contributed by atoms with Gasteiger partial charge in [0.15, 0.2) is 0 Å². The van der Waals surface area contributed by atoms with Crippen LogP contribution in [0.25, 0.3) is 0 Å². The van der Waals surface area contributed by atoms with Gasteiger partial charge in [-0.3, -0.25) is 4.79 Å². The molecule has 2 rings (SSSR count). The number of amides is 1. The topological polar surface area (TPSA) is 46.6 Å². The SMILES string of the molecule is CC1CN(C(=O)OC(C)(C)C)CCC12CCC(=O)CC2. The highest BCUT2D eigenvalue weighted by atomic mass is 16.6. The molecule has 114 valence electrons. The Bertz CT molecular complexity index is 387. The van der Waals surface area contributed by atoms with Crippen LogP contribution >= 0.6 is 0 Å². The summed E-state index contributed by atoms with van der Waals surface area (Å²) < 4.78 is 5.45. The Morgan fingerprint density at radius 2 is 1.85 bits per heavy atom. The second-order valence-electron chi connectivity index (χ2n) is 7.48. The van der Waals surface area contributed by atoms with Crippen molar-refractivity contribution in [1.29, 1.82) is 0 Å². The predicted octanol–water partition coefficient (Wildman–Crippen LogP) is 3.39. The van der Waals surface area contributed by atoms with Crippen molar-refractivity contribution in [3.05, 3.63) is 0 Å². The van der Waals surface area contributed by atoms with Crippen LogP contribution in [0.2, 0.25) is 0 Å². The molecule has 1 heterocycles. The molecule has 2 aliphatic rings. The molecule has 1 atom stereocenters. The van der Waals surface area contributed by atoms with E-state index in [1.807, 2.05) is 25.7 Å². The Kier molecular flexibility index (Phi) is 4.12. The smallest absolute Gasteiger partial charge is 0.410 e. The molecule has 0 aromatic rings. The van der Waals surface area contributed by atoms with Crippen molar-refractivity contribution in [1.82, 2.24) is 4.90 Å². The monoisotopic (exact) mass is 281 g/mol. The van der Waals surface area contributed by atoms with Crippen molar-refractivity contribution >= 4 is 11.9 Å². The highest BCUT2D eigenvalue weighted by Gasteiger charge is 2.44. The summed E-state index contributed by atoms with van der Waals surface area (Å²) in [4.78, 5) is 25.4. The van der Waals surface area contributed by atoms with Gasteiger partial charge in [-0.05, 0) is 51.4 Å². The van der Waals surface area contributed by atoms with E-state index in [0.717, 1.165) is 45.2 Å². The number of hydrogen-bond donors (Lipinski definition) is 0. The highest BCUT2D eigenvalue weighted by molar-refractivity contribution is 5.79. The van der Waals surface area contributed by atoms with Crippen molar-refractivity contribution in [2.24, 2.45) is 11.3 Å². The first-order valence-corrected chi connectivity index (χ1v) is 7.71. The zero-order chi connectivity index (χ0) is 15.0. The van der Waals surface area contributed by atoms with E-state index in [1.54, 1.807) is 0 Å². The molecule has 0 aromatic heterocycles. The average Bonchev–Trinajstić information content (AvgIpc) is 2.34.